The molecular formula is C12H13NO3. The molecule has 2 aliphatic rings. The zero-order valence-electron chi connectivity index (χ0n) is 9.48. The molecule has 1 aliphatic carbocycles. The van der Waals surface area contributed by atoms with Crippen molar-refractivity contribution in [3.8, 4) is 0 Å². The van der Waals surface area contributed by atoms with Crippen LogP contribution in [0.2, 0.25) is 0 Å². The molecule has 4 nitrogen and oxygen atoms in total. The van der Waals surface area contributed by atoms with Crippen LogP contribution in [-0.2, 0) is 14.3 Å². The average Bonchev–Trinajstić information content (AvgIpc) is 2.27. The fourth-order valence-corrected chi connectivity index (χ4v) is 1.84. The third-order valence-electron chi connectivity index (χ3n) is 2.64. The Morgan fingerprint density at radius 3 is 2.69 bits per heavy atom. The number of carbonyl (C=O) groups is 1. The summed E-state index contributed by atoms with van der Waals surface area (Å²) in [5.74, 6) is 0.465. The third-order valence-corrected chi connectivity index (χ3v) is 2.64. The van der Waals surface area contributed by atoms with E-state index in [9.17, 15) is 4.79 Å². The van der Waals surface area contributed by atoms with E-state index in [1.165, 1.54) is 6.08 Å². The van der Waals surface area contributed by atoms with Crippen molar-refractivity contribution in [3.05, 3.63) is 35.1 Å². The first-order chi connectivity index (χ1) is 7.65. The minimum atomic E-state index is -0.229. The fourth-order valence-electron chi connectivity index (χ4n) is 1.84. The molecule has 0 saturated heterocycles. The lowest BCUT2D eigenvalue weighted by molar-refractivity contribution is -0.113. The molecule has 0 bridgehead atoms. The number of hydrogen-bond donors (Lipinski definition) is 0. The molecule has 0 aromatic carbocycles. The van der Waals surface area contributed by atoms with Crippen molar-refractivity contribution in [1.82, 2.24) is 0 Å². The van der Waals surface area contributed by atoms with Gasteiger partial charge in [0.25, 0.3) is 5.91 Å². The lowest BCUT2D eigenvalue weighted by Gasteiger charge is -2.24. The molecule has 0 fully saturated rings. The van der Waals surface area contributed by atoms with Crippen LogP contribution >= 0.6 is 0 Å². The molecular weight excluding hydrogens is 206 g/mol. The lowest BCUT2D eigenvalue weighted by atomic mass is 9.92. The number of aliphatic imine (C=N–C) groups is 1. The molecule has 1 aliphatic heterocycles. The minimum absolute atomic E-state index is 0.212. The fraction of sp³-hybridized carbons (Fsp3) is 0.333. The summed E-state index contributed by atoms with van der Waals surface area (Å²) in [4.78, 5) is 15.2. The van der Waals surface area contributed by atoms with Crippen LogP contribution in [-0.4, -0.2) is 31.9 Å². The van der Waals surface area contributed by atoms with Crippen LogP contribution < -0.4 is 0 Å². The van der Waals surface area contributed by atoms with Crippen LogP contribution in [0.3, 0.4) is 0 Å². The Morgan fingerprint density at radius 2 is 2.06 bits per heavy atom. The van der Waals surface area contributed by atoms with Gasteiger partial charge in [-0.15, -0.1) is 0 Å². The van der Waals surface area contributed by atoms with E-state index in [1.807, 2.05) is 19.1 Å². The normalized spacial score (nSPS) is 23.9. The Morgan fingerprint density at radius 1 is 1.31 bits per heavy atom. The maximum Gasteiger partial charge on any atom is 0.270 e. The van der Waals surface area contributed by atoms with Crippen molar-refractivity contribution in [3.63, 3.8) is 0 Å². The number of methoxy groups -OCH3 is 2. The highest BCUT2D eigenvalue weighted by atomic mass is 16.5. The molecule has 0 aromatic heterocycles. The highest BCUT2D eigenvalue weighted by Gasteiger charge is 2.24. The van der Waals surface area contributed by atoms with Gasteiger partial charge in [-0.2, -0.15) is 0 Å². The summed E-state index contributed by atoms with van der Waals surface area (Å²) >= 11 is 0. The van der Waals surface area contributed by atoms with Gasteiger partial charge in [-0.3, -0.25) is 4.79 Å². The maximum atomic E-state index is 11.3. The van der Waals surface area contributed by atoms with E-state index < -0.39 is 0 Å². The summed E-state index contributed by atoms with van der Waals surface area (Å²) < 4.78 is 10.5. The van der Waals surface area contributed by atoms with E-state index in [4.69, 9.17) is 9.47 Å². The van der Waals surface area contributed by atoms with E-state index >= 15 is 0 Å². The second kappa shape index (κ2) is 4.06. The lowest BCUT2D eigenvalue weighted by Crippen LogP contribution is -2.22. The van der Waals surface area contributed by atoms with Crippen LogP contribution in [0.4, 0.5) is 0 Å². The summed E-state index contributed by atoms with van der Waals surface area (Å²) in [5.41, 5.74) is 2.49. The van der Waals surface area contributed by atoms with Gasteiger partial charge in [0.15, 0.2) is 0 Å². The Bertz CT molecular complexity index is 455. The maximum absolute atomic E-state index is 11.3. The molecule has 1 atom stereocenters. The minimum Gasteiger partial charge on any atom is -0.498 e. The molecule has 0 saturated carbocycles. The van der Waals surface area contributed by atoms with Crippen LogP contribution in [0.5, 0.6) is 0 Å². The average molecular weight is 219 g/mol. The van der Waals surface area contributed by atoms with Gasteiger partial charge in [0.2, 0.25) is 0 Å². The zero-order chi connectivity index (χ0) is 11.7. The van der Waals surface area contributed by atoms with E-state index in [-0.39, 0.29) is 12.0 Å². The van der Waals surface area contributed by atoms with Gasteiger partial charge >= 0.3 is 0 Å². The molecule has 16 heavy (non-hydrogen) atoms. The van der Waals surface area contributed by atoms with Gasteiger partial charge in [0.05, 0.1) is 7.11 Å². The summed E-state index contributed by atoms with van der Waals surface area (Å²) in [7, 11) is 3.20. The number of ether oxygens (including phenoxy) is 2. The number of amides is 1. The molecule has 1 unspecified atom stereocenters. The summed E-state index contributed by atoms with van der Waals surface area (Å²) in [6.07, 6.45) is 5.02. The van der Waals surface area contributed by atoms with Crippen molar-refractivity contribution in [2.75, 3.05) is 14.2 Å². The first-order valence-corrected chi connectivity index (χ1v) is 4.97. The molecule has 0 spiro atoms. The van der Waals surface area contributed by atoms with Crippen LogP contribution in [0.1, 0.15) is 6.92 Å². The van der Waals surface area contributed by atoms with Crippen molar-refractivity contribution < 1.29 is 14.3 Å². The van der Waals surface area contributed by atoms with Crippen molar-refractivity contribution in [2.24, 2.45) is 4.99 Å². The standard InChI is InChI=1S/C12H13NO3/c1-7-9-6-11(16-3)10(15-2)4-8(9)5-12(14)13-7/h4-6,11H,1-3H3. The van der Waals surface area contributed by atoms with Crippen LogP contribution in [0.15, 0.2) is 40.1 Å². The second-order valence-electron chi connectivity index (χ2n) is 3.62. The molecule has 1 amide bonds. The first-order valence-electron chi connectivity index (χ1n) is 4.97. The number of hydrogen-bond acceptors (Lipinski definition) is 3. The third kappa shape index (κ3) is 1.72. The van der Waals surface area contributed by atoms with Crippen LogP contribution in [0.25, 0.3) is 0 Å². The van der Waals surface area contributed by atoms with Crippen molar-refractivity contribution in [1.29, 1.82) is 0 Å². The van der Waals surface area contributed by atoms with Gasteiger partial charge in [-0.25, -0.2) is 4.99 Å². The number of nitrogens with zero attached hydrogens (tertiary/aromatic N) is 1. The van der Waals surface area contributed by atoms with E-state index in [2.05, 4.69) is 4.99 Å². The van der Waals surface area contributed by atoms with Gasteiger partial charge in [0, 0.05) is 24.5 Å². The number of dihydropyridines is 1. The highest BCUT2D eigenvalue weighted by molar-refractivity contribution is 6.14. The largest absolute Gasteiger partial charge is 0.498 e. The molecule has 1 heterocycles. The predicted octanol–water partition coefficient (Wildman–Crippen LogP) is 1.40. The Hall–Kier alpha value is -1.68. The summed E-state index contributed by atoms with van der Waals surface area (Å²) in [5, 5.41) is 0. The predicted molar refractivity (Wildman–Crippen MR) is 60.2 cm³/mol. The molecule has 0 N–H and O–H groups in total. The van der Waals surface area contributed by atoms with E-state index in [0.717, 1.165) is 16.9 Å². The topological polar surface area (TPSA) is 47.9 Å². The summed E-state index contributed by atoms with van der Waals surface area (Å²) in [6.45, 7) is 1.81. The van der Waals surface area contributed by atoms with Crippen LogP contribution in [0, 0.1) is 0 Å². The Labute approximate surface area is 94.0 Å². The molecule has 2 rings (SSSR count). The number of rotatable bonds is 2. The van der Waals surface area contributed by atoms with Gasteiger partial charge in [0.1, 0.15) is 11.9 Å². The van der Waals surface area contributed by atoms with E-state index in [1.54, 1.807) is 14.2 Å². The van der Waals surface area contributed by atoms with Gasteiger partial charge in [-0.1, -0.05) is 0 Å². The van der Waals surface area contributed by atoms with Gasteiger partial charge in [-0.05, 0) is 24.6 Å². The van der Waals surface area contributed by atoms with Crippen molar-refractivity contribution in [2.45, 2.75) is 13.0 Å². The quantitative estimate of drug-likeness (QED) is 0.705. The first kappa shape index (κ1) is 10.8. The SMILES string of the molecule is COC1=CC2=CC(=O)N=C(C)C2=CC1OC. The number of carbonyl (C=O) groups excluding carboxylic acids is 1. The Kier molecular flexibility index (Phi) is 2.75. The Balaban J connectivity index is 2.45. The number of allylic oxidation sites excluding steroid dienone is 3. The highest BCUT2D eigenvalue weighted by Crippen LogP contribution is 2.28. The monoisotopic (exact) mass is 219 g/mol. The molecule has 84 valence electrons. The molecule has 4 heteroatoms. The number of fused-ring (bicyclic) bond motifs is 1. The van der Waals surface area contributed by atoms with E-state index in [0.29, 0.717) is 5.76 Å². The van der Waals surface area contributed by atoms with Gasteiger partial charge < -0.3 is 9.47 Å². The zero-order valence-corrected chi connectivity index (χ0v) is 9.48. The smallest absolute Gasteiger partial charge is 0.270 e. The van der Waals surface area contributed by atoms with Crippen molar-refractivity contribution >= 4 is 11.6 Å². The summed E-state index contributed by atoms with van der Waals surface area (Å²) in [6, 6.07) is 0. The molecule has 0 aromatic rings. The second-order valence-corrected chi connectivity index (χ2v) is 3.62. The molecule has 0 radical (unpaired) electrons.